The van der Waals surface area contributed by atoms with Gasteiger partial charge >= 0.3 is 0 Å². The molecule has 1 amide bonds. The molecule has 5 heteroatoms. The van der Waals surface area contributed by atoms with Gasteiger partial charge in [-0.25, -0.2) is 0 Å². The fraction of sp³-hybridized carbons (Fsp3) is 0.286. The highest BCUT2D eigenvalue weighted by molar-refractivity contribution is 5.95. The maximum atomic E-state index is 12.0. The Labute approximate surface area is 112 Å². The minimum atomic E-state index is -0.568. The maximum Gasteiger partial charge on any atom is 0.241 e. The Morgan fingerprint density at radius 2 is 2.11 bits per heavy atom. The monoisotopic (exact) mass is 258 g/mol. The van der Waals surface area contributed by atoms with Crippen molar-refractivity contribution in [2.75, 3.05) is 5.32 Å². The highest BCUT2D eigenvalue weighted by Crippen LogP contribution is 2.12. The van der Waals surface area contributed by atoms with Gasteiger partial charge < -0.3 is 11.1 Å². The first-order valence-electron chi connectivity index (χ1n) is 6.17. The number of aryl methyl sites for hydroxylation is 2. The molecule has 0 saturated carbocycles. The first-order chi connectivity index (χ1) is 9.06. The molecule has 0 saturated heterocycles. The Bertz CT molecular complexity index is 562. The quantitative estimate of drug-likeness (QED) is 0.866. The van der Waals surface area contributed by atoms with E-state index in [1.54, 1.807) is 10.9 Å². The molecule has 19 heavy (non-hydrogen) atoms. The number of nitrogens with zero attached hydrogens (tertiary/aromatic N) is 2. The third-order valence-corrected chi connectivity index (χ3v) is 2.91. The van der Waals surface area contributed by atoms with Crippen molar-refractivity contribution in [2.24, 2.45) is 12.8 Å². The molecule has 1 atom stereocenters. The molecule has 0 aliphatic rings. The van der Waals surface area contributed by atoms with Crippen LogP contribution in [-0.2, 0) is 18.3 Å². The zero-order valence-corrected chi connectivity index (χ0v) is 11.1. The summed E-state index contributed by atoms with van der Waals surface area (Å²) < 4.78 is 1.66. The van der Waals surface area contributed by atoms with Gasteiger partial charge in [0.25, 0.3) is 0 Å². The molecular formula is C14H18N4O. The number of amides is 1. The van der Waals surface area contributed by atoms with Crippen LogP contribution in [-0.4, -0.2) is 21.7 Å². The van der Waals surface area contributed by atoms with Gasteiger partial charge in [0.05, 0.1) is 17.4 Å². The SMILES string of the molecule is Cc1nn(C)cc1NC(=O)[C@H](N)Cc1ccccc1. The van der Waals surface area contributed by atoms with Crippen LogP contribution in [0, 0.1) is 6.92 Å². The Morgan fingerprint density at radius 1 is 1.42 bits per heavy atom. The molecule has 100 valence electrons. The van der Waals surface area contributed by atoms with Crippen LogP contribution in [0.2, 0.25) is 0 Å². The summed E-state index contributed by atoms with van der Waals surface area (Å²) in [5, 5.41) is 6.97. The molecule has 0 unspecified atom stereocenters. The van der Waals surface area contributed by atoms with Crippen LogP contribution in [0.4, 0.5) is 5.69 Å². The minimum absolute atomic E-state index is 0.194. The van der Waals surface area contributed by atoms with Gasteiger partial charge in [0.1, 0.15) is 0 Å². The van der Waals surface area contributed by atoms with Crippen molar-refractivity contribution in [2.45, 2.75) is 19.4 Å². The van der Waals surface area contributed by atoms with E-state index in [0.717, 1.165) is 11.3 Å². The summed E-state index contributed by atoms with van der Waals surface area (Å²) in [5.74, 6) is -0.194. The first kappa shape index (κ1) is 13.3. The summed E-state index contributed by atoms with van der Waals surface area (Å²) in [6, 6.07) is 9.16. The molecule has 1 aromatic carbocycles. The van der Waals surface area contributed by atoms with Crippen LogP contribution >= 0.6 is 0 Å². The molecule has 0 aliphatic heterocycles. The van der Waals surface area contributed by atoms with Crippen molar-refractivity contribution in [3.63, 3.8) is 0 Å². The van der Waals surface area contributed by atoms with E-state index < -0.39 is 6.04 Å². The van der Waals surface area contributed by atoms with Crippen molar-refractivity contribution in [1.82, 2.24) is 9.78 Å². The second kappa shape index (κ2) is 5.67. The number of hydrogen-bond donors (Lipinski definition) is 2. The highest BCUT2D eigenvalue weighted by Gasteiger charge is 2.16. The molecule has 2 aromatic rings. The van der Waals surface area contributed by atoms with Gasteiger partial charge in [0, 0.05) is 13.2 Å². The average Bonchev–Trinajstić information content (AvgIpc) is 2.69. The third-order valence-electron chi connectivity index (χ3n) is 2.91. The number of carbonyl (C=O) groups excluding carboxylic acids is 1. The van der Waals surface area contributed by atoms with E-state index in [0.29, 0.717) is 12.1 Å². The number of carbonyl (C=O) groups is 1. The molecule has 2 rings (SSSR count). The van der Waals surface area contributed by atoms with E-state index in [1.165, 1.54) is 0 Å². The molecule has 1 aromatic heterocycles. The minimum Gasteiger partial charge on any atom is -0.322 e. The second-order valence-corrected chi connectivity index (χ2v) is 4.59. The predicted octanol–water partition coefficient (Wildman–Crippen LogP) is 1.24. The van der Waals surface area contributed by atoms with E-state index in [-0.39, 0.29) is 5.91 Å². The lowest BCUT2D eigenvalue weighted by Gasteiger charge is -2.11. The zero-order valence-electron chi connectivity index (χ0n) is 11.1. The Hall–Kier alpha value is -2.14. The molecule has 5 nitrogen and oxygen atoms in total. The summed E-state index contributed by atoms with van der Waals surface area (Å²) in [4.78, 5) is 12.0. The lowest BCUT2D eigenvalue weighted by molar-refractivity contribution is -0.117. The number of hydrogen-bond acceptors (Lipinski definition) is 3. The first-order valence-corrected chi connectivity index (χ1v) is 6.17. The number of anilines is 1. The molecule has 0 spiro atoms. The molecular weight excluding hydrogens is 240 g/mol. The normalized spacial score (nSPS) is 12.2. The van der Waals surface area contributed by atoms with E-state index >= 15 is 0 Å². The molecule has 0 radical (unpaired) electrons. The Balaban J connectivity index is 1.98. The van der Waals surface area contributed by atoms with Crippen LogP contribution < -0.4 is 11.1 Å². The standard InChI is InChI=1S/C14H18N4O/c1-10-13(9-18(2)17-10)16-14(19)12(15)8-11-6-4-3-5-7-11/h3-7,9,12H,8,15H2,1-2H3,(H,16,19)/t12-/m1/s1. The number of benzene rings is 1. The van der Waals surface area contributed by atoms with Crippen molar-refractivity contribution in [3.05, 3.63) is 47.8 Å². The van der Waals surface area contributed by atoms with Gasteiger partial charge in [-0.3, -0.25) is 9.48 Å². The summed E-state index contributed by atoms with van der Waals surface area (Å²) in [6.45, 7) is 1.85. The predicted molar refractivity (Wildman–Crippen MR) is 74.7 cm³/mol. The molecule has 0 bridgehead atoms. The Kier molecular flexibility index (Phi) is 3.97. The number of rotatable bonds is 4. The van der Waals surface area contributed by atoms with Gasteiger partial charge in [-0.15, -0.1) is 0 Å². The van der Waals surface area contributed by atoms with Crippen molar-refractivity contribution in [3.8, 4) is 0 Å². The van der Waals surface area contributed by atoms with Crippen molar-refractivity contribution < 1.29 is 4.79 Å². The average molecular weight is 258 g/mol. The van der Waals surface area contributed by atoms with Gasteiger partial charge in [-0.1, -0.05) is 30.3 Å². The number of nitrogens with one attached hydrogen (secondary N) is 1. The smallest absolute Gasteiger partial charge is 0.241 e. The topological polar surface area (TPSA) is 72.9 Å². The third kappa shape index (κ3) is 3.42. The van der Waals surface area contributed by atoms with E-state index in [1.807, 2.05) is 44.3 Å². The summed E-state index contributed by atoms with van der Waals surface area (Å²) >= 11 is 0. The lowest BCUT2D eigenvalue weighted by Crippen LogP contribution is -2.37. The van der Waals surface area contributed by atoms with Crippen LogP contribution in [0.1, 0.15) is 11.3 Å². The largest absolute Gasteiger partial charge is 0.322 e. The van der Waals surface area contributed by atoms with Crippen LogP contribution in [0.5, 0.6) is 0 Å². The fourth-order valence-corrected chi connectivity index (χ4v) is 1.91. The summed E-state index contributed by atoms with van der Waals surface area (Å²) in [5.41, 5.74) is 8.45. The van der Waals surface area contributed by atoms with Crippen molar-refractivity contribution >= 4 is 11.6 Å². The zero-order chi connectivity index (χ0) is 13.8. The highest BCUT2D eigenvalue weighted by atomic mass is 16.2. The molecule has 0 aliphatic carbocycles. The van der Waals surface area contributed by atoms with E-state index in [9.17, 15) is 4.79 Å². The van der Waals surface area contributed by atoms with E-state index in [2.05, 4.69) is 10.4 Å². The van der Waals surface area contributed by atoms with Gasteiger partial charge in [-0.05, 0) is 18.9 Å². The summed E-state index contributed by atoms with van der Waals surface area (Å²) in [6.07, 6.45) is 2.29. The molecule has 0 fully saturated rings. The lowest BCUT2D eigenvalue weighted by atomic mass is 10.1. The number of nitrogens with two attached hydrogens (primary N) is 1. The van der Waals surface area contributed by atoms with E-state index in [4.69, 9.17) is 5.73 Å². The molecule has 1 heterocycles. The van der Waals surface area contributed by atoms with Crippen LogP contribution in [0.15, 0.2) is 36.5 Å². The van der Waals surface area contributed by atoms with Crippen LogP contribution in [0.25, 0.3) is 0 Å². The van der Waals surface area contributed by atoms with Gasteiger partial charge in [0.2, 0.25) is 5.91 Å². The Morgan fingerprint density at radius 3 is 2.68 bits per heavy atom. The van der Waals surface area contributed by atoms with Gasteiger partial charge in [-0.2, -0.15) is 5.10 Å². The second-order valence-electron chi connectivity index (χ2n) is 4.59. The van der Waals surface area contributed by atoms with Crippen LogP contribution in [0.3, 0.4) is 0 Å². The summed E-state index contributed by atoms with van der Waals surface area (Å²) in [7, 11) is 1.81. The number of aromatic nitrogens is 2. The fourth-order valence-electron chi connectivity index (χ4n) is 1.91. The van der Waals surface area contributed by atoms with Gasteiger partial charge in [0.15, 0.2) is 0 Å². The van der Waals surface area contributed by atoms with Crippen molar-refractivity contribution in [1.29, 1.82) is 0 Å². The molecule has 3 N–H and O–H groups in total. The maximum absolute atomic E-state index is 12.0.